The Morgan fingerprint density at radius 2 is 1.96 bits per heavy atom. The molecule has 0 bridgehead atoms. The highest BCUT2D eigenvalue weighted by Gasteiger charge is 2.20. The predicted octanol–water partition coefficient (Wildman–Crippen LogP) is 0.809. The molecule has 6 nitrogen and oxygen atoms in total. The van der Waals surface area contributed by atoms with Gasteiger partial charge in [0.15, 0.2) is 0 Å². The Bertz CT molecular complexity index is 717. The minimum atomic E-state index is -0.547. The molecule has 1 saturated heterocycles. The molecule has 1 aromatic heterocycles. The van der Waals surface area contributed by atoms with Gasteiger partial charge >= 0.3 is 0 Å². The summed E-state index contributed by atoms with van der Waals surface area (Å²) in [5, 5.41) is 3.53. The molecule has 6 heteroatoms. The molecular formula is C17H21N3O3. The van der Waals surface area contributed by atoms with Crippen molar-refractivity contribution >= 4 is 22.6 Å². The first-order valence-electron chi connectivity index (χ1n) is 7.83. The molecule has 0 spiro atoms. The predicted molar refractivity (Wildman–Crippen MR) is 87.5 cm³/mol. The Kier molecular flexibility index (Phi) is 4.73. The molecule has 1 aliphatic heterocycles. The monoisotopic (exact) mass is 315 g/mol. The summed E-state index contributed by atoms with van der Waals surface area (Å²) in [5.41, 5.74) is 1.39. The SMILES string of the molecule is Cn1cc(C(=O)C(=O)NCCN2CCOCC2)c2ccccc21. The molecule has 0 radical (unpaired) electrons. The van der Waals surface area contributed by atoms with Gasteiger partial charge in [-0.2, -0.15) is 0 Å². The number of hydrogen-bond acceptors (Lipinski definition) is 4. The average molecular weight is 315 g/mol. The molecule has 0 aliphatic carbocycles. The van der Waals surface area contributed by atoms with Crippen molar-refractivity contribution in [1.29, 1.82) is 0 Å². The maximum atomic E-state index is 12.4. The summed E-state index contributed by atoms with van der Waals surface area (Å²) < 4.78 is 7.15. The first-order chi connectivity index (χ1) is 11.2. The number of ketones is 1. The van der Waals surface area contributed by atoms with Gasteiger partial charge < -0.3 is 14.6 Å². The molecule has 0 saturated carbocycles. The standard InChI is InChI=1S/C17H21N3O3/c1-19-12-14(13-4-2-3-5-15(13)19)16(21)17(22)18-6-7-20-8-10-23-11-9-20/h2-5,12H,6-11H2,1H3,(H,18,22). The number of morpholine rings is 1. The molecule has 0 unspecified atom stereocenters. The van der Waals surface area contributed by atoms with Crippen LogP contribution in [0, 0.1) is 0 Å². The molecule has 1 amide bonds. The minimum absolute atomic E-state index is 0.451. The van der Waals surface area contributed by atoms with Crippen LogP contribution in [0.25, 0.3) is 10.9 Å². The summed E-state index contributed by atoms with van der Waals surface area (Å²) in [4.78, 5) is 26.7. The number of nitrogens with zero attached hydrogens (tertiary/aromatic N) is 2. The molecule has 1 aliphatic rings. The normalized spacial score (nSPS) is 15.7. The van der Waals surface area contributed by atoms with Crippen LogP contribution >= 0.6 is 0 Å². The van der Waals surface area contributed by atoms with Crippen molar-refractivity contribution in [3.8, 4) is 0 Å². The molecule has 1 fully saturated rings. The number of amides is 1. The summed E-state index contributed by atoms with van der Waals surface area (Å²) in [6, 6.07) is 7.58. The second-order valence-corrected chi connectivity index (χ2v) is 5.71. The van der Waals surface area contributed by atoms with Crippen LogP contribution in [0.1, 0.15) is 10.4 Å². The van der Waals surface area contributed by atoms with Crippen molar-refractivity contribution < 1.29 is 14.3 Å². The molecule has 3 rings (SSSR count). The van der Waals surface area contributed by atoms with Crippen molar-refractivity contribution in [1.82, 2.24) is 14.8 Å². The average Bonchev–Trinajstić information content (AvgIpc) is 2.92. The number of Topliss-reactive ketones (excluding diaryl/α,β-unsaturated/α-hetero) is 1. The van der Waals surface area contributed by atoms with Gasteiger partial charge in [0.05, 0.1) is 18.8 Å². The molecule has 1 aromatic carbocycles. The fourth-order valence-corrected chi connectivity index (χ4v) is 2.88. The Hall–Kier alpha value is -2.18. The first kappa shape index (κ1) is 15.7. The van der Waals surface area contributed by atoms with E-state index < -0.39 is 11.7 Å². The summed E-state index contributed by atoms with van der Waals surface area (Å²) in [7, 11) is 1.87. The second-order valence-electron chi connectivity index (χ2n) is 5.71. The van der Waals surface area contributed by atoms with E-state index in [0.717, 1.165) is 43.8 Å². The second kappa shape index (κ2) is 6.93. The molecule has 2 aromatic rings. The molecular weight excluding hydrogens is 294 g/mol. The van der Waals surface area contributed by atoms with Gasteiger partial charge in [-0.15, -0.1) is 0 Å². The molecule has 23 heavy (non-hydrogen) atoms. The number of benzene rings is 1. The molecule has 0 atom stereocenters. The van der Waals surface area contributed by atoms with E-state index in [1.54, 1.807) is 6.20 Å². The van der Waals surface area contributed by atoms with E-state index in [2.05, 4.69) is 10.2 Å². The lowest BCUT2D eigenvalue weighted by Crippen LogP contribution is -2.42. The highest BCUT2D eigenvalue weighted by atomic mass is 16.5. The summed E-state index contributed by atoms with van der Waals surface area (Å²) >= 11 is 0. The third-order valence-electron chi connectivity index (χ3n) is 4.17. The van der Waals surface area contributed by atoms with Crippen LogP contribution in [0.2, 0.25) is 0 Å². The zero-order valence-electron chi connectivity index (χ0n) is 13.2. The third kappa shape index (κ3) is 3.43. The Balaban J connectivity index is 1.61. The van der Waals surface area contributed by atoms with Crippen LogP contribution in [-0.2, 0) is 16.6 Å². The van der Waals surface area contributed by atoms with Crippen molar-refractivity contribution in [2.45, 2.75) is 0 Å². The fraction of sp³-hybridized carbons (Fsp3) is 0.412. The summed E-state index contributed by atoms with van der Waals surface area (Å²) in [5.74, 6) is -1.03. The number of ether oxygens (including phenoxy) is 1. The van der Waals surface area contributed by atoms with E-state index in [-0.39, 0.29) is 0 Å². The minimum Gasteiger partial charge on any atom is -0.379 e. The Morgan fingerprint density at radius 1 is 1.22 bits per heavy atom. The van der Waals surface area contributed by atoms with Crippen LogP contribution in [-0.4, -0.2) is 60.6 Å². The van der Waals surface area contributed by atoms with Gasteiger partial charge in [-0.3, -0.25) is 14.5 Å². The van der Waals surface area contributed by atoms with E-state index in [1.807, 2.05) is 35.9 Å². The van der Waals surface area contributed by atoms with E-state index >= 15 is 0 Å². The van der Waals surface area contributed by atoms with Gasteiger partial charge in [0.25, 0.3) is 11.7 Å². The first-order valence-corrected chi connectivity index (χ1v) is 7.83. The van der Waals surface area contributed by atoms with E-state index in [4.69, 9.17) is 4.74 Å². The molecule has 122 valence electrons. The summed E-state index contributed by atoms with van der Waals surface area (Å²) in [6.45, 7) is 4.39. The fourth-order valence-electron chi connectivity index (χ4n) is 2.88. The summed E-state index contributed by atoms with van der Waals surface area (Å²) in [6.07, 6.45) is 1.72. The number of hydrogen-bond donors (Lipinski definition) is 1. The number of fused-ring (bicyclic) bond motifs is 1. The van der Waals surface area contributed by atoms with Gasteiger partial charge in [-0.1, -0.05) is 18.2 Å². The molecule has 1 N–H and O–H groups in total. The lowest BCUT2D eigenvalue weighted by atomic mass is 10.1. The molecule has 2 heterocycles. The van der Waals surface area contributed by atoms with Crippen molar-refractivity contribution in [2.75, 3.05) is 39.4 Å². The maximum absolute atomic E-state index is 12.4. The zero-order valence-corrected chi connectivity index (χ0v) is 13.2. The van der Waals surface area contributed by atoms with Crippen LogP contribution < -0.4 is 5.32 Å². The lowest BCUT2D eigenvalue weighted by molar-refractivity contribution is -0.117. The number of aryl methyl sites for hydroxylation is 1. The van der Waals surface area contributed by atoms with Gasteiger partial charge in [-0.05, 0) is 6.07 Å². The number of rotatable bonds is 5. The number of nitrogens with one attached hydrogen (secondary N) is 1. The van der Waals surface area contributed by atoms with Gasteiger partial charge in [0.1, 0.15) is 0 Å². The van der Waals surface area contributed by atoms with Crippen LogP contribution in [0.15, 0.2) is 30.5 Å². The Morgan fingerprint density at radius 3 is 2.74 bits per heavy atom. The maximum Gasteiger partial charge on any atom is 0.292 e. The number of para-hydroxylation sites is 1. The van der Waals surface area contributed by atoms with E-state index in [9.17, 15) is 9.59 Å². The number of aromatic nitrogens is 1. The topological polar surface area (TPSA) is 63.6 Å². The quantitative estimate of drug-likeness (QED) is 0.655. The number of carbonyl (C=O) groups is 2. The van der Waals surface area contributed by atoms with Crippen LogP contribution in [0.3, 0.4) is 0 Å². The highest BCUT2D eigenvalue weighted by molar-refractivity contribution is 6.45. The van der Waals surface area contributed by atoms with Crippen molar-refractivity contribution in [2.24, 2.45) is 7.05 Å². The van der Waals surface area contributed by atoms with Crippen LogP contribution in [0.4, 0.5) is 0 Å². The number of carbonyl (C=O) groups excluding carboxylic acids is 2. The Labute approximate surface area is 135 Å². The van der Waals surface area contributed by atoms with Gasteiger partial charge in [0, 0.05) is 50.3 Å². The van der Waals surface area contributed by atoms with Gasteiger partial charge in [0.2, 0.25) is 0 Å². The zero-order chi connectivity index (χ0) is 16.2. The lowest BCUT2D eigenvalue weighted by Gasteiger charge is -2.26. The van der Waals surface area contributed by atoms with Crippen molar-refractivity contribution in [3.63, 3.8) is 0 Å². The van der Waals surface area contributed by atoms with Crippen molar-refractivity contribution in [3.05, 3.63) is 36.0 Å². The van der Waals surface area contributed by atoms with Crippen LogP contribution in [0.5, 0.6) is 0 Å². The van der Waals surface area contributed by atoms with E-state index in [1.165, 1.54) is 0 Å². The highest BCUT2D eigenvalue weighted by Crippen LogP contribution is 2.20. The smallest absolute Gasteiger partial charge is 0.292 e. The third-order valence-corrected chi connectivity index (χ3v) is 4.17. The van der Waals surface area contributed by atoms with E-state index in [0.29, 0.717) is 12.1 Å². The largest absolute Gasteiger partial charge is 0.379 e. The van der Waals surface area contributed by atoms with Gasteiger partial charge in [-0.25, -0.2) is 0 Å².